The second-order valence-electron chi connectivity index (χ2n) is 5.01. The van der Waals surface area contributed by atoms with Crippen LogP contribution in [0, 0.1) is 6.92 Å². The molecule has 0 radical (unpaired) electrons. The van der Waals surface area contributed by atoms with E-state index in [9.17, 15) is 10.3 Å². The third-order valence-corrected chi connectivity index (χ3v) is 4.19. The van der Waals surface area contributed by atoms with Gasteiger partial charge in [0.2, 0.25) is 0 Å². The van der Waals surface area contributed by atoms with Crippen molar-refractivity contribution >= 4 is 17.0 Å². The van der Waals surface area contributed by atoms with Gasteiger partial charge in [0.25, 0.3) is 0 Å². The first kappa shape index (κ1) is 16.3. The van der Waals surface area contributed by atoms with Crippen LogP contribution in [-0.4, -0.2) is 28.1 Å². The predicted molar refractivity (Wildman–Crippen MR) is 87.5 cm³/mol. The number of oxime groups is 1. The number of hydrogen-bond donors (Lipinski definition) is 2. The Morgan fingerprint density at radius 2 is 2.18 bits per heavy atom. The lowest BCUT2D eigenvalue weighted by Crippen LogP contribution is -2.08. The number of ether oxygens (including phenoxy) is 1. The van der Waals surface area contributed by atoms with E-state index in [0.29, 0.717) is 23.4 Å². The zero-order valence-electron chi connectivity index (χ0n) is 13.0. The lowest BCUT2D eigenvalue weighted by Gasteiger charge is -2.13. The molecule has 0 aliphatic carbocycles. The van der Waals surface area contributed by atoms with Gasteiger partial charge in [-0.3, -0.25) is 0 Å². The summed E-state index contributed by atoms with van der Waals surface area (Å²) < 4.78 is 5.30. The smallest absolute Gasteiger partial charge is 0.128 e. The molecule has 0 aliphatic rings. The molecule has 5 nitrogen and oxygen atoms in total. The highest BCUT2D eigenvalue weighted by Gasteiger charge is 2.16. The van der Waals surface area contributed by atoms with Crippen LogP contribution in [0.2, 0.25) is 0 Å². The number of aryl methyl sites for hydroxylation is 2. The minimum atomic E-state index is 0.0384. The molecular formula is C16H20N2O3S. The van der Waals surface area contributed by atoms with E-state index >= 15 is 0 Å². The van der Waals surface area contributed by atoms with Gasteiger partial charge in [0, 0.05) is 23.4 Å². The number of phenolic OH excluding ortho intramolecular Hbond substituents is 1. The fourth-order valence-electron chi connectivity index (χ4n) is 2.35. The number of thiazole rings is 1. The second kappa shape index (κ2) is 7.26. The summed E-state index contributed by atoms with van der Waals surface area (Å²) in [6, 6.07) is 3.39. The number of aromatic nitrogens is 1. The van der Waals surface area contributed by atoms with E-state index in [-0.39, 0.29) is 5.75 Å². The Labute approximate surface area is 133 Å². The van der Waals surface area contributed by atoms with E-state index in [4.69, 9.17) is 4.74 Å². The molecule has 1 aromatic carbocycles. The molecule has 2 N–H and O–H groups in total. The molecule has 0 amide bonds. The average Bonchev–Trinajstić information content (AvgIpc) is 2.92. The van der Waals surface area contributed by atoms with Gasteiger partial charge < -0.3 is 15.1 Å². The lowest BCUT2D eigenvalue weighted by molar-refractivity contribution is 0.318. The van der Waals surface area contributed by atoms with Crippen LogP contribution in [-0.2, 0) is 12.8 Å². The molecule has 0 aliphatic heterocycles. The van der Waals surface area contributed by atoms with Gasteiger partial charge in [0.15, 0.2) is 0 Å². The van der Waals surface area contributed by atoms with Crippen LogP contribution in [0.1, 0.15) is 35.2 Å². The number of benzene rings is 1. The van der Waals surface area contributed by atoms with Gasteiger partial charge in [0.1, 0.15) is 11.5 Å². The number of methoxy groups -OCH3 is 1. The average molecular weight is 320 g/mol. The summed E-state index contributed by atoms with van der Waals surface area (Å²) in [6.07, 6.45) is 2.15. The molecule has 22 heavy (non-hydrogen) atoms. The monoisotopic (exact) mass is 320 g/mol. The Kier molecular flexibility index (Phi) is 5.38. The van der Waals surface area contributed by atoms with Gasteiger partial charge in [-0.25, -0.2) is 4.98 Å². The molecular weight excluding hydrogens is 300 g/mol. The Bertz CT molecular complexity index is 680. The van der Waals surface area contributed by atoms with Crippen LogP contribution in [0.4, 0.5) is 0 Å². The summed E-state index contributed by atoms with van der Waals surface area (Å²) in [5.74, 6) is 0.682. The van der Waals surface area contributed by atoms with Gasteiger partial charge in [-0.1, -0.05) is 18.5 Å². The molecule has 2 aromatic rings. The number of aromatic hydroxyl groups is 1. The maximum atomic E-state index is 10.2. The first-order valence-corrected chi connectivity index (χ1v) is 7.99. The quantitative estimate of drug-likeness (QED) is 0.485. The van der Waals surface area contributed by atoms with E-state index in [0.717, 1.165) is 29.1 Å². The van der Waals surface area contributed by atoms with E-state index in [2.05, 4.69) is 17.1 Å². The predicted octanol–water partition coefficient (Wildman–Crippen LogP) is 3.54. The normalized spacial score (nSPS) is 11.7. The highest BCUT2D eigenvalue weighted by molar-refractivity contribution is 7.09. The molecule has 118 valence electrons. The molecule has 6 heteroatoms. The minimum absolute atomic E-state index is 0.0384. The van der Waals surface area contributed by atoms with Crippen molar-refractivity contribution in [3.8, 4) is 11.5 Å². The van der Waals surface area contributed by atoms with Crippen molar-refractivity contribution < 1.29 is 15.1 Å². The number of nitrogens with zero attached hydrogens (tertiary/aromatic N) is 2. The molecule has 0 fully saturated rings. The SMILES string of the molecule is CCCc1cc(/C(Cc2csc(C)n2)=N\O)c(O)cc1OC. The molecule has 0 saturated heterocycles. The fraction of sp³-hybridized carbons (Fsp3) is 0.375. The van der Waals surface area contributed by atoms with Crippen LogP contribution in [0.15, 0.2) is 22.7 Å². The van der Waals surface area contributed by atoms with Crippen LogP contribution >= 0.6 is 11.3 Å². The largest absolute Gasteiger partial charge is 0.507 e. The van der Waals surface area contributed by atoms with Crippen molar-refractivity contribution in [2.24, 2.45) is 5.16 Å². The van der Waals surface area contributed by atoms with Crippen LogP contribution in [0.25, 0.3) is 0 Å². The Morgan fingerprint density at radius 3 is 2.73 bits per heavy atom. The molecule has 0 unspecified atom stereocenters. The number of rotatable bonds is 6. The summed E-state index contributed by atoms with van der Waals surface area (Å²) in [6.45, 7) is 4.00. The van der Waals surface area contributed by atoms with E-state index in [1.807, 2.05) is 18.4 Å². The molecule has 1 heterocycles. The summed E-state index contributed by atoms with van der Waals surface area (Å²) in [7, 11) is 1.58. The Balaban J connectivity index is 2.38. The Hall–Kier alpha value is -2.08. The van der Waals surface area contributed by atoms with Gasteiger partial charge in [-0.05, 0) is 25.0 Å². The van der Waals surface area contributed by atoms with E-state index in [1.54, 1.807) is 24.5 Å². The summed E-state index contributed by atoms with van der Waals surface area (Å²) in [4.78, 5) is 4.37. The topological polar surface area (TPSA) is 74.9 Å². The van der Waals surface area contributed by atoms with Crippen molar-refractivity contribution in [1.29, 1.82) is 0 Å². The maximum Gasteiger partial charge on any atom is 0.128 e. The van der Waals surface area contributed by atoms with E-state index < -0.39 is 0 Å². The molecule has 0 saturated carbocycles. The second-order valence-corrected chi connectivity index (χ2v) is 6.07. The zero-order valence-corrected chi connectivity index (χ0v) is 13.8. The highest BCUT2D eigenvalue weighted by Crippen LogP contribution is 2.30. The first-order valence-electron chi connectivity index (χ1n) is 7.11. The molecule has 2 rings (SSSR count). The van der Waals surface area contributed by atoms with Crippen molar-refractivity contribution in [3.63, 3.8) is 0 Å². The molecule has 0 spiro atoms. The van der Waals surface area contributed by atoms with Crippen LogP contribution in [0.3, 0.4) is 0 Å². The summed E-state index contributed by atoms with van der Waals surface area (Å²) in [5.41, 5.74) is 2.70. The van der Waals surface area contributed by atoms with Crippen molar-refractivity contribution in [2.75, 3.05) is 7.11 Å². The van der Waals surface area contributed by atoms with Gasteiger partial charge in [-0.2, -0.15) is 0 Å². The third kappa shape index (κ3) is 3.57. The van der Waals surface area contributed by atoms with Crippen LogP contribution < -0.4 is 4.74 Å². The first-order chi connectivity index (χ1) is 10.6. The number of phenols is 1. The van der Waals surface area contributed by atoms with Gasteiger partial charge in [0.05, 0.1) is 23.5 Å². The number of hydrogen-bond acceptors (Lipinski definition) is 6. The van der Waals surface area contributed by atoms with E-state index in [1.165, 1.54) is 0 Å². The molecule has 0 bridgehead atoms. The fourth-order valence-corrected chi connectivity index (χ4v) is 2.96. The van der Waals surface area contributed by atoms with Crippen molar-refractivity contribution in [2.45, 2.75) is 33.1 Å². The molecule has 0 atom stereocenters. The maximum absolute atomic E-state index is 10.2. The minimum Gasteiger partial charge on any atom is -0.507 e. The Morgan fingerprint density at radius 1 is 1.41 bits per heavy atom. The molecule has 1 aromatic heterocycles. The standard InChI is InChI=1S/C16H20N2O3S/c1-4-5-11-6-13(15(19)8-16(11)21-3)14(18-20)7-12-9-22-10(2)17-12/h6,8-9,19-20H,4-5,7H2,1-3H3/b18-14-. The highest BCUT2D eigenvalue weighted by atomic mass is 32.1. The summed E-state index contributed by atoms with van der Waals surface area (Å²) >= 11 is 1.54. The zero-order chi connectivity index (χ0) is 16.1. The van der Waals surface area contributed by atoms with Gasteiger partial charge >= 0.3 is 0 Å². The van der Waals surface area contributed by atoms with Gasteiger partial charge in [-0.15, -0.1) is 11.3 Å². The summed E-state index contributed by atoms with van der Waals surface area (Å²) in [5, 5.41) is 25.8. The third-order valence-electron chi connectivity index (χ3n) is 3.36. The van der Waals surface area contributed by atoms with Crippen molar-refractivity contribution in [1.82, 2.24) is 4.98 Å². The lowest BCUT2D eigenvalue weighted by atomic mass is 9.99. The van der Waals surface area contributed by atoms with Crippen molar-refractivity contribution in [3.05, 3.63) is 39.3 Å². The van der Waals surface area contributed by atoms with Crippen LogP contribution in [0.5, 0.6) is 11.5 Å².